The van der Waals surface area contributed by atoms with E-state index < -0.39 is 15.9 Å². The zero-order chi connectivity index (χ0) is 24.2. The van der Waals surface area contributed by atoms with Crippen molar-refractivity contribution in [3.05, 3.63) is 94.5 Å². The van der Waals surface area contributed by atoms with E-state index in [4.69, 9.17) is 16.6 Å². The molecule has 6 nitrogen and oxygen atoms in total. The molecule has 0 bridgehead atoms. The average molecular weight is 520 g/mol. The van der Waals surface area contributed by atoms with Gasteiger partial charge < -0.3 is 0 Å². The van der Waals surface area contributed by atoms with Gasteiger partial charge in [-0.1, -0.05) is 53.3 Å². The molecule has 1 aliphatic carbocycles. The van der Waals surface area contributed by atoms with Gasteiger partial charge in [0, 0.05) is 10.4 Å². The first-order chi connectivity index (χ1) is 16.9. The molecule has 0 unspecified atom stereocenters. The second-order valence-corrected chi connectivity index (χ2v) is 11.4. The van der Waals surface area contributed by atoms with E-state index in [1.54, 1.807) is 24.3 Å². The van der Waals surface area contributed by atoms with Gasteiger partial charge in [-0.2, -0.15) is 0 Å². The molecule has 6 rings (SSSR count). The SMILES string of the molecule is O=C(Nc1nc2c(cc3c4c(cccc42)CC3)s1)c1ccccc1NS(=O)(=O)c1ccc(Cl)cc1. The number of halogens is 1. The van der Waals surface area contributed by atoms with Crippen molar-refractivity contribution in [3.63, 3.8) is 0 Å². The lowest BCUT2D eigenvalue weighted by atomic mass is 10.0. The van der Waals surface area contributed by atoms with Crippen molar-refractivity contribution in [2.24, 2.45) is 0 Å². The van der Waals surface area contributed by atoms with Crippen molar-refractivity contribution in [1.82, 2.24) is 4.98 Å². The lowest BCUT2D eigenvalue weighted by Gasteiger charge is -2.12. The van der Waals surface area contributed by atoms with Crippen molar-refractivity contribution >= 4 is 70.7 Å². The molecule has 1 aromatic heterocycles. The van der Waals surface area contributed by atoms with Gasteiger partial charge in [-0.3, -0.25) is 14.8 Å². The molecule has 1 heterocycles. The zero-order valence-electron chi connectivity index (χ0n) is 18.2. The fraction of sp³-hybridized carbons (Fsp3) is 0.0769. The summed E-state index contributed by atoms with van der Waals surface area (Å²) in [5, 5.41) is 6.12. The average Bonchev–Trinajstić information content (AvgIpc) is 3.44. The van der Waals surface area contributed by atoms with Crippen LogP contribution in [0.1, 0.15) is 21.5 Å². The van der Waals surface area contributed by atoms with Gasteiger partial charge in [-0.15, -0.1) is 0 Å². The number of hydrogen-bond acceptors (Lipinski definition) is 5. The van der Waals surface area contributed by atoms with E-state index in [0.717, 1.165) is 28.4 Å². The molecule has 0 spiro atoms. The fourth-order valence-electron chi connectivity index (χ4n) is 4.51. The number of fused-ring (bicyclic) bond motifs is 2. The van der Waals surface area contributed by atoms with E-state index >= 15 is 0 Å². The summed E-state index contributed by atoms with van der Waals surface area (Å²) in [6.45, 7) is 0. The van der Waals surface area contributed by atoms with Crippen LogP contribution in [-0.4, -0.2) is 19.3 Å². The number of nitrogens with one attached hydrogen (secondary N) is 2. The summed E-state index contributed by atoms with van der Waals surface area (Å²) in [5.41, 5.74) is 3.88. The predicted octanol–water partition coefficient (Wildman–Crippen LogP) is 6.25. The van der Waals surface area contributed by atoms with E-state index in [9.17, 15) is 13.2 Å². The Balaban J connectivity index is 1.32. The number of anilines is 2. The molecule has 0 fully saturated rings. The number of rotatable bonds is 5. The second kappa shape index (κ2) is 8.34. The maximum absolute atomic E-state index is 13.2. The van der Waals surface area contributed by atoms with Gasteiger partial charge in [0.1, 0.15) is 0 Å². The molecule has 1 aliphatic rings. The molecule has 0 saturated carbocycles. The number of nitrogens with zero attached hydrogens (tertiary/aromatic N) is 1. The largest absolute Gasteiger partial charge is 0.298 e. The van der Waals surface area contributed by atoms with Crippen LogP contribution in [0.3, 0.4) is 0 Å². The van der Waals surface area contributed by atoms with Gasteiger partial charge in [0.05, 0.1) is 26.4 Å². The van der Waals surface area contributed by atoms with E-state index in [0.29, 0.717) is 10.2 Å². The maximum atomic E-state index is 13.2. The number of aromatic nitrogens is 1. The van der Waals surface area contributed by atoms with Gasteiger partial charge in [0.25, 0.3) is 15.9 Å². The molecule has 9 heteroatoms. The summed E-state index contributed by atoms with van der Waals surface area (Å²) < 4.78 is 29.2. The number of amides is 1. The van der Waals surface area contributed by atoms with Crippen LogP contribution in [0, 0.1) is 0 Å². The van der Waals surface area contributed by atoms with Crippen LogP contribution in [-0.2, 0) is 22.9 Å². The minimum absolute atomic E-state index is 0.0479. The lowest BCUT2D eigenvalue weighted by Crippen LogP contribution is -2.18. The van der Waals surface area contributed by atoms with Crippen molar-refractivity contribution in [3.8, 4) is 0 Å². The molecule has 0 atom stereocenters. The van der Waals surface area contributed by atoms with Gasteiger partial charge in [0.15, 0.2) is 5.13 Å². The van der Waals surface area contributed by atoms with Crippen molar-refractivity contribution < 1.29 is 13.2 Å². The molecule has 2 N–H and O–H groups in total. The Hall–Kier alpha value is -3.46. The molecule has 0 aliphatic heterocycles. The highest BCUT2D eigenvalue weighted by molar-refractivity contribution is 7.92. The summed E-state index contributed by atoms with van der Waals surface area (Å²) in [6.07, 6.45) is 2.04. The summed E-state index contributed by atoms with van der Waals surface area (Å²) in [7, 11) is -3.91. The van der Waals surface area contributed by atoms with Crippen molar-refractivity contribution in [1.29, 1.82) is 0 Å². The minimum Gasteiger partial charge on any atom is -0.298 e. The normalized spacial score (nSPS) is 12.8. The van der Waals surface area contributed by atoms with Crippen LogP contribution < -0.4 is 10.0 Å². The van der Waals surface area contributed by atoms with Crippen LogP contribution in [0.4, 0.5) is 10.8 Å². The van der Waals surface area contributed by atoms with Crippen molar-refractivity contribution in [2.75, 3.05) is 10.0 Å². The molecule has 4 aromatic carbocycles. The first-order valence-electron chi connectivity index (χ1n) is 10.9. The Kier molecular flexibility index (Phi) is 5.25. The minimum atomic E-state index is -3.91. The maximum Gasteiger partial charge on any atom is 0.261 e. The number of sulfonamides is 1. The Morgan fingerprint density at radius 2 is 1.71 bits per heavy atom. The van der Waals surface area contributed by atoms with Crippen LogP contribution in [0.15, 0.2) is 77.7 Å². The Morgan fingerprint density at radius 3 is 2.54 bits per heavy atom. The monoisotopic (exact) mass is 519 g/mol. The summed E-state index contributed by atoms with van der Waals surface area (Å²) in [6, 6.07) is 20.7. The van der Waals surface area contributed by atoms with Crippen LogP contribution in [0.5, 0.6) is 0 Å². The smallest absolute Gasteiger partial charge is 0.261 e. The highest BCUT2D eigenvalue weighted by Crippen LogP contribution is 2.39. The quantitative estimate of drug-likeness (QED) is 0.287. The third kappa shape index (κ3) is 3.93. The van der Waals surface area contributed by atoms with Crippen molar-refractivity contribution in [2.45, 2.75) is 17.7 Å². The standard InChI is InChI=1S/C26H18ClN3O3S2/c27-17-10-12-18(13-11-17)35(32,33)30-21-7-2-1-5-19(21)25(31)29-26-28-24-20-6-3-4-15-8-9-16(23(15)20)14-22(24)34-26/h1-7,10-14,30H,8-9H2,(H,28,29,31). The van der Waals surface area contributed by atoms with E-state index in [2.05, 4.69) is 28.2 Å². The topological polar surface area (TPSA) is 88.2 Å². The van der Waals surface area contributed by atoms with Crippen LogP contribution in [0.2, 0.25) is 5.02 Å². The Bertz CT molecular complexity index is 1750. The second-order valence-electron chi connectivity index (χ2n) is 8.30. The molecule has 1 amide bonds. The number of para-hydroxylation sites is 1. The number of hydrogen-bond donors (Lipinski definition) is 2. The van der Waals surface area contributed by atoms with Crippen LogP contribution >= 0.6 is 22.9 Å². The number of carbonyl (C=O) groups excluding carboxylic acids is 1. The third-order valence-corrected chi connectivity index (χ3v) is 8.66. The molecule has 35 heavy (non-hydrogen) atoms. The van der Waals surface area contributed by atoms with Gasteiger partial charge >= 0.3 is 0 Å². The van der Waals surface area contributed by atoms with E-state index in [1.165, 1.54) is 52.1 Å². The molecule has 174 valence electrons. The summed E-state index contributed by atoms with van der Waals surface area (Å²) in [5.74, 6) is -0.448. The summed E-state index contributed by atoms with van der Waals surface area (Å²) in [4.78, 5) is 17.9. The third-order valence-electron chi connectivity index (χ3n) is 6.11. The first kappa shape index (κ1) is 22.0. The first-order valence-corrected chi connectivity index (χ1v) is 13.6. The fourth-order valence-corrected chi connectivity index (χ4v) is 6.66. The van der Waals surface area contributed by atoms with E-state index in [-0.39, 0.29) is 16.1 Å². The number of aryl methyl sites for hydroxylation is 2. The van der Waals surface area contributed by atoms with Gasteiger partial charge in [-0.05, 0) is 71.8 Å². The molecule has 0 saturated heterocycles. The Labute approximate surface area is 210 Å². The summed E-state index contributed by atoms with van der Waals surface area (Å²) >= 11 is 7.28. The molecular weight excluding hydrogens is 502 g/mol. The van der Waals surface area contributed by atoms with E-state index in [1.807, 2.05) is 6.07 Å². The van der Waals surface area contributed by atoms with Crippen LogP contribution in [0.25, 0.3) is 21.0 Å². The lowest BCUT2D eigenvalue weighted by molar-refractivity contribution is 0.102. The highest BCUT2D eigenvalue weighted by Gasteiger charge is 2.21. The highest BCUT2D eigenvalue weighted by atomic mass is 35.5. The number of thiazole rings is 1. The van der Waals surface area contributed by atoms with Gasteiger partial charge in [0.2, 0.25) is 0 Å². The number of carbonyl (C=O) groups is 1. The molecule has 0 radical (unpaired) electrons. The number of benzene rings is 4. The van der Waals surface area contributed by atoms with Gasteiger partial charge in [-0.25, -0.2) is 13.4 Å². The molecule has 5 aromatic rings. The molecular formula is C26H18ClN3O3S2. The predicted molar refractivity (Wildman–Crippen MR) is 141 cm³/mol. The zero-order valence-corrected chi connectivity index (χ0v) is 20.6. The Morgan fingerprint density at radius 1 is 0.943 bits per heavy atom.